The third-order valence-electron chi connectivity index (χ3n) is 3.32. The molecule has 0 radical (unpaired) electrons. The lowest BCUT2D eigenvalue weighted by molar-refractivity contribution is 0.0447. The standard InChI is InChI=1S/C12H23BrO3S/c1-3-5-6-10(4-2)7-16-12-9-17(14,15)8-11(12)13/h10-12H,3-9H2,1-2H3. The van der Waals surface area contributed by atoms with Gasteiger partial charge in [0.1, 0.15) is 0 Å². The van der Waals surface area contributed by atoms with Gasteiger partial charge in [-0.25, -0.2) is 8.42 Å². The van der Waals surface area contributed by atoms with Crippen molar-refractivity contribution in [1.82, 2.24) is 0 Å². The van der Waals surface area contributed by atoms with E-state index in [1.165, 1.54) is 19.3 Å². The molecule has 1 aliphatic heterocycles. The van der Waals surface area contributed by atoms with E-state index in [-0.39, 0.29) is 22.4 Å². The average molecular weight is 327 g/mol. The van der Waals surface area contributed by atoms with Crippen LogP contribution in [0.25, 0.3) is 0 Å². The van der Waals surface area contributed by atoms with E-state index in [2.05, 4.69) is 29.8 Å². The van der Waals surface area contributed by atoms with E-state index in [0.717, 1.165) is 6.42 Å². The molecular weight excluding hydrogens is 304 g/mol. The van der Waals surface area contributed by atoms with E-state index >= 15 is 0 Å². The number of rotatable bonds is 7. The summed E-state index contributed by atoms with van der Waals surface area (Å²) in [6.07, 6.45) is 4.56. The van der Waals surface area contributed by atoms with Crippen LogP contribution in [0.2, 0.25) is 0 Å². The maximum absolute atomic E-state index is 11.4. The first-order valence-electron chi connectivity index (χ1n) is 6.44. The fraction of sp³-hybridized carbons (Fsp3) is 1.00. The Morgan fingerprint density at radius 1 is 1.35 bits per heavy atom. The van der Waals surface area contributed by atoms with Gasteiger partial charge in [-0.05, 0) is 12.3 Å². The minimum absolute atomic E-state index is 0.0313. The minimum Gasteiger partial charge on any atom is -0.376 e. The molecular formula is C12H23BrO3S. The van der Waals surface area contributed by atoms with Crippen LogP contribution in [-0.2, 0) is 14.6 Å². The lowest BCUT2D eigenvalue weighted by Crippen LogP contribution is -2.25. The molecule has 3 atom stereocenters. The summed E-state index contributed by atoms with van der Waals surface area (Å²) in [5, 5.41) is 0. The second kappa shape index (κ2) is 7.10. The Hall–Kier alpha value is 0.390. The highest BCUT2D eigenvalue weighted by atomic mass is 79.9. The van der Waals surface area contributed by atoms with Crippen molar-refractivity contribution in [2.24, 2.45) is 5.92 Å². The Morgan fingerprint density at radius 3 is 2.53 bits per heavy atom. The molecule has 1 heterocycles. The quantitative estimate of drug-likeness (QED) is 0.675. The van der Waals surface area contributed by atoms with Crippen LogP contribution < -0.4 is 0 Å². The molecule has 102 valence electrons. The summed E-state index contributed by atoms with van der Waals surface area (Å²) in [6.45, 7) is 5.05. The second-order valence-corrected chi connectivity index (χ2v) is 8.21. The van der Waals surface area contributed by atoms with Gasteiger partial charge < -0.3 is 4.74 Å². The maximum atomic E-state index is 11.4. The van der Waals surface area contributed by atoms with Gasteiger partial charge in [0.2, 0.25) is 0 Å². The third-order valence-corrected chi connectivity index (χ3v) is 6.37. The predicted octanol–water partition coefficient (Wildman–Crippen LogP) is 2.78. The van der Waals surface area contributed by atoms with E-state index in [0.29, 0.717) is 12.5 Å². The Bertz CT molecular complexity index is 316. The molecule has 0 saturated carbocycles. The number of ether oxygens (including phenoxy) is 1. The molecule has 1 aliphatic rings. The highest BCUT2D eigenvalue weighted by Gasteiger charge is 2.36. The normalized spacial score (nSPS) is 29.4. The summed E-state index contributed by atoms with van der Waals surface area (Å²) in [5.41, 5.74) is 0. The Labute approximate surface area is 113 Å². The topological polar surface area (TPSA) is 43.4 Å². The average Bonchev–Trinajstić information content (AvgIpc) is 2.52. The van der Waals surface area contributed by atoms with Gasteiger partial charge in [0.25, 0.3) is 0 Å². The van der Waals surface area contributed by atoms with Crippen molar-refractivity contribution in [1.29, 1.82) is 0 Å². The Morgan fingerprint density at radius 2 is 2.06 bits per heavy atom. The van der Waals surface area contributed by atoms with Crippen LogP contribution in [0.5, 0.6) is 0 Å². The van der Waals surface area contributed by atoms with Crippen molar-refractivity contribution in [3.05, 3.63) is 0 Å². The fourth-order valence-electron chi connectivity index (χ4n) is 2.08. The number of hydrogen-bond acceptors (Lipinski definition) is 3. The molecule has 3 nitrogen and oxygen atoms in total. The SMILES string of the molecule is CCCCC(CC)COC1CS(=O)(=O)CC1Br. The van der Waals surface area contributed by atoms with E-state index in [9.17, 15) is 8.42 Å². The maximum Gasteiger partial charge on any atom is 0.154 e. The molecule has 0 N–H and O–H groups in total. The molecule has 5 heteroatoms. The van der Waals surface area contributed by atoms with Gasteiger partial charge in [-0.2, -0.15) is 0 Å². The van der Waals surface area contributed by atoms with Gasteiger partial charge in [-0.15, -0.1) is 0 Å². The first kappa shape index (κ1) is 15.4. The van der Waals surface area contributed by atoms with Crippen LogP contribution in [0.3, 0.4) is 0 Å². The molecule has 0 aromatic carbocycles. The van der Waals surface area contributed by atoms with Crippen LogP contribution >= 0.6 is 15.9 Å². The molecule has 0 amide bonds. The molecule has 1 rings (SSSR count). The molecule has 3 unspecified atom stereocenters. The summed E-state index contributed by atoms with van der Waals surface area (Å²) in [5.74, 6) is 0.953. The zero-order valence-corrected chi connectivity index (χ0v) is 13.1. The number of alkyl halides is 1. The molecule has 0 spiro atoms. The highest BCUT2D eigenvalue weighted by Crippen LogP contribution is 2.24. The van der Waals surface area contributed by atoms with Crippen LogP contribution in [0.1, 0.15) is 39.5 Å². The molecule has 0 aliphatic carbocycles. The van der Waals surface area contributed by atoms with Crippen LogP contribution in [-0.4, -0.2) is 37.5 Å². The fourth-order valence-corrected chi connectivity index (χ4v) is 5.54. The van der Waals surface area contributed by atoms with Gasteiger partial charge in [0.15, 0.2) is 9.84 Å². The first-order chi connectivity index (χ1) is 7.98. The van der Waals surface area contributed by atoms with Crippen LogP contribution in [0.4, 0.5) is 0 Å². The minimum atomic E-state index is -2.89. The van der Waals surface area contributed by atoms with E-state index in [1.807, 2.05) is 0 Å². The van der Waals surface area contributed by atoms with Gasteiger partial charge in [-0.1, -0.05) is 49.0 Å². The predicted molar refractivity (Wildman–Crippen MR) is 74.4 cm³/mol. The van der Waals surface area contributed by atoms with Crippen LogP contribution in [0, 0.1) is 5.92 Å². The summed E-state index contributed by atoms with van der Waals surface area (Å²) < 4.78 is 28.6. The summed E-state index contributed by atoms with van der Waals surface area (Å²) in [7, 11) is -2.89. The molecule has 0 aromatic heterocycles. The van der Waals surface area contributed by atoms with E-state index in [1.54, 1.807) is 0 Å². The Kier molecular flexibility index (Phi) is 6.45. The highest BCUT2D eigenvalue weighted by molar-refractivity contribution is 9.09. The second-order valence-electron chi connectivity index (χ2n) is 4.88. The van der Waals surface area contributed by atoms with E-state index in [4.69, 9.17) is 4.74 Å². The number of unbranched alkanes of at least 4 members (excludes halogenated alkanes) is 1. The lowest BCUT2D eigenvalue weighted by Gasteiger charge is -2.19. The Balaban J connectivity index is 2.34. The smallest absolute Gasteiger partial charge is 0.154 e. The van der Waals surface area contributed by atoms with E-state index < -0.39 is 9.84 Å². The number of sulfone groups is 1. The summed E-state index contributed by atoms with van der Waals surface area (Å²) >= 11 is 3.40. The molecule has 1 fully saturated rings. The van der Waals surface area contributed by atoms with Crippen molar-refractivity contribution in [2.75, 3.05) is 18.1 Å². The van der Waals surface area contributed by atoms with Gasteiger partial charge in [0.05, 0.1) is 22.4 Å². The number of halogens is 1. The zero-order chi connectivity index (χ0) is 12.9. The van der Waals surface area contributed by atoms with Gasteiger partial charge >= 0.3 is 0 Å². The van der Waals surface area contributed by atoms with Crippen molar-refractivity contribution in [2.45, 2.75) is 50.5 Å². The van der Waals surface area contributed by atoms with Crippen molar-refractivity contribution < 1.29 is 13.2 Å². The molecule has 0 bridgehead atoms. The third kappa shape index (κ3) is 5.26. The van der Waals surface area contributed by atoms with Crippen molar-refractivity contribution >= 4 is 25.8 Å². The summed E-state index contributed by atoms with van der Waals surface area (Å²) in [4.78, 5) is -0.0313. The zero-order valence-electron chi connectivity index (χ0n) is 10.7. The van der Waals surface area contributed by atoms with Gasteiger partial charge in [-0.3, -0.25) is 0 Å². The van der Waals surface area contributed by atoms with Crippen molar-refractivity contribution in [3.63, 3.8) is 0 Å². The number of hydrogen-bond donors (Lipinski definition) is 0. The molecule has 0 aromatic rings. The van der Waals surface area contributed by atoms with Crippen molar-refractivity contribution in [3.8, 4) is 0 Å². The largest absolute Gasteiger partial charge is 0.376 e. The van der Waals surface area contributed by atoms with Gasteiger partial charge in [0, 0.05) is 6.61 Å². The summed E-state index contributed by atoms with van der Waals surface area (Å²) in [6, 6.07) is 0. The lowest BCUT2D eigenvalue weighted by atomic mass is 10.0. The monoisotopic (exact) mass is 326 g/mol. The first-order valence-corrected chi connectivity index (χ1v) is 9.18. The van der Waals surface area contributed by atoms with Crippen LogP contribution in [0.15, 0.2) is 0 Å². The molecule has 1 saturated heterocycles. The molecule has 17 heavy (non-hydrogen) atoms.